The van der Waals surface area contributed by atoms with E-state index in [-0.39, 0.29) is 16.9 Å². The van der Waals surface area contributed by atoms with Crippen LogP contribution in [0.2, 0.25) is 0 Å². The topological polar surface area (TPSA) is 151 Å². The summed E-state index contributed by atoms with van der Waals surface area (Å²) in [7, 11) is -4.87. The number of hydrogen-bond acceptors (Lipinski definition) is 7. The van der Waals surface area contributed by atoms with Crippen molar-refractivity contribution >= 4 is 39.5 Å². The highest BCUT2D eigenvalue weighted by atomic mass is 32.2. The lowest BCUT2D eigenvalue weighted by molar-refractivity contribution is -0.140. The number of para-hydroxylation sites is 2. The molecule has 48 heavy (non-hydrogen) atoms. The van der Waals surface area contributed by atoms with Gasteiger partial charge in [0.1, 0.15) is 27.7 Å². The maximum atomic E-state index is 12.5. The summed E-state index contributed by atoms with van der Waals surface area (Å²) in [5.41, 5.74) is 5.22. The number of rotatable bonds is 5. The molecule has 0 spiro atoms. The van der Waals surface area contributed by atoms with Gasteiger partial charge in [-0.2, -0.15) is 4.58 Å². The number of carbonyl (C=O) groups is 2. The molecular weight excluding hydrogens is 632 g/mol. The first-order chi connectivity index (χ1) is 23.1. The molecule has 2 N–H and O–H groups in total. The minimum atomic E-state index is -4.87. The van der Waals surface area contributed by atoms with E-state index >= 15 is 0 Å². The number of aliphatic carboxylic acids is 2. The molecule has 0 saturated carbocycles. The predicted molar refractivity (Wildman–Crippen MR) is 176 cm³/mol. The lowest BCUT2D eigenvalue weighted by Gasteiger charge is -2.34. The first-order valence-corrected chi connectivity index (χ1v) is 16.9. The standard InChI is InChI=1S/C37H28N2O8S/c40-36(41)30-17-21-7-1-4-10-28(21)38(30)23-13-15-25-32(19-23)47-33-20-24(39-29-11-5-2-8-22(29)18-31(39)37(42)43)14-16-26(33)35(25)27-9-3-6-12-34(27)48(44,45)46/h1-16,19,24,30-31H,17-18,20H2,(H2-,40,41,42,43,44,45,46). The minimum Gasteiger partial charge on any atom is -0.744 e. The van der Waals surface area contributed by atoms with Crippen molar-refractivity contribution in [2.75, 3.05) is 4.90 Å². The van der Waals surface area contributed by atoms with E-state index in [2.05, 4.69) is 0 Å². The molecule has 0 radical (unpaired) electrons. The van der Waals surface area contributed by atoms with E-state index < -0.39 is 40.2 Å². The van der Waals surface area contributed by atoms with Gasteiger partial charge >= 0.3 is 11.9 Å². The Bertz CT molecular complexity index is 2360. The summed E-state index contributed by atoms with van der Waals surface area (Å²) >= 11 is 0. The summed E-state index contributed by atoms with van der Waals surface area (Å²) in [5.74, 6) is -1.08. The van der Waals surface area contributed by atoms with Crippen LogP contribution in [0.1, 0.15) is 22.5 Å². The molecule has 10 nitrogen and oxygen atoms in total. The van der Waals surface area contributed by atoms with Crippen molar-refractivity contribution in [1.82, 2.24) is 4.58 Å². The van der Waals surface area contributed by atoms with Crippen molar-refractivity contribution in [2.24, 2.45) is 0 Å². The molecule has 2 aliphatic carbocycles. The van der Waals surface area contributed by atoms with Gasteiger partial charge in [0.25, 0.3) is 6.04 Å². The van der Waals surface area contributed by atoms with Gasteiger partial charge in [0.2, 0.25) is 11.0 Å². The minimum absolute atomic E-state index is 0.213. The highest BCUT2D eigenvalue weighted by Crippen LogP contribution is 2.45. The van der Waals surface area contributed by atoms with Crippen LogP contribution >= 0.6 is 0 Å². The number of anilines is 1. The van der Waals surface area contributed by atoms with Gasteiger partial charge in [0.15, 0.2) is 0 Å². The Morgan fingerprint density at radius 1 is 0.833 bits per heavy atom. The number of fused-ring (bicyclic) bond motifs is 4. The van der Waals surface area contributed by atoms with Crippen LogP contribution < -0.4 is 14.8 Å². The van der Waals surface area contributed by atoms with Gasteiger partial charge in [-0.05, 0) is 23.8 Å². The van der Waals surface area contributed by atoms with Crippen LogP contribution in [0.25, 0.3) is 28.5 Å². The van der Waals surface area contributed by atoms with Gasteiger partial charge in [0.05, 0.1) is 23.4 Å². The molecule has 3 aromatic carbocycles. The molecule has 3 heterocycles. The number of carboxylic acid groups (broad SMARTS) is 2. The lowest BCUT2D eigenvalue weighted by Crippen LogP contribution is -2.46. The van der Waals surface area contributed by atoms with Gasteiger partial charge in [0, 0.05) is 58.5 Å². The van der Waals surface area contributed by atoms with Crippen LogP contribution in [-0.2, 0) is 39.0 Å². The number of carboxylic acids is 2. The third-order valence-electron chi connectivity index (χ3n) is 9.54. The zero-order valence-electron chi connectivity index (χ0n) is 25.3. The Kier molecular flexibility index (Phi) is 6.86. The second kappa shape index (κ2) is 11.0. The van der Waals surface area contributed by atoms with E-state index in [4.69, 9.17) is 4.42 Å². The smallest absolute Gasteiger partial charge is 0.373 e. The van der Waals surface area contributed by atoms with Gasteiger partial charge < -0.3 is 24.1 Å². The highest BCUT2D eigenvalue weighted by molar-refractivity contribution is 7.85. The van der Waals surface area contributed by atoms with Crippen LogP contribution in [-0.4, -0.2) is 53.2 Å². The monoisotopic (exact) mass is 660 g/mol. The Balaban J connectivity index is 1.37. The summed E-state index contributed by atoms with van der Waals surface area (Å²) in [6.45, 7) is 0. The molecule has 0 aromatic heterocycles. The summed E-state index contributed by atoms with van der Waals surface area (Å²) in [4.78, 5) is 26.3. The second-order valence-corrected chi connectivity index (χ2v) is 13.6. The first kappa shape index (κ1) is 29.9. The largest absolute Gasteiger partial charge is 0.744 e. The zero-order valence-corrected chi connectivity index (χ0v) is 26.1. The highest BCUT2D eigenvalue weighted by Gasteiger charge is 2.42. The fraction of sp³-hybridized carbons (Fsp3) is 0.162. The van der Waals surface area contributed by atoms with Crippen LogP contribution in [0.15, 0.2) is 106 Å². The molecule has 3 atom stereocenters. The summed E-state index contributed by atoms with van der Waals surface area (Å²) in [6, 6.07) is 24.3. The lowest BCUT2D eigenvalue weighted by atomic mass is 9.87. The Morgan fingerprint density at radius 3 is 2.33 bits per heavy atom. The molecule has 3 unspecified atom stereocenters. The van der Waals surface area contributed by atoms with E-state index in [9.17, 15) is 32.8 Å². The predicted octanol–water partition coefficient (Wildman–Crippen LogP) is 4.52. The molecule has 5 aliphatic rings. The van der Waals surface area contributed by atoms with Crippen molar-refractivity contribution in [1.29, 1.82) is 0 Å². The van der Waals surface area contributed by atoms with Crippen molar-refractivity contribution in [3.63, 3.8) is 0 Å². The van der Waals surface area contributed by atoms with Crippen molar-refractivity contribution in [2.45, 2.75) is 42.3 Å². The normalized spacial score (nSPS) is 20.8. The van der Waals surface area contributed by atoms with Gasteiger partial charge in [-0.1, -0.05) is 66.7 Å². The van der Waals surface area contributed by atoms with Crippen molar-refractivity contribution in [3.05, 3.63) is 125 Å². The maximum absolute atomic E-state index is 12.5. The van der Waals surface area contributed by atoms with Crippen LogP contribution in [0, 0.1) is 0 Å². The van der Waals surface area contributed by atoms with Crippen LogP contribution in [0.5, 0.6) is 0 Å². The molecule has 3 aromatic rings. The van der Waals surface area contributed by atoms with Crippen LogP contribution in [0.4, 0.5) is 11.4 Å². The third kappa shape index (κ3) is 4.73. The molecule has 3 aliphatic heterocycles. The third-order valence-corrected chi connectivity index (χ3v) is 10.4. The summed E-state index contributed by atoms with van der Waals surface area (Å²) in [5, 5.41) is 20.9. The number of hydrogen-bond donors (Lipinski definition) is 2. The molecule has 240 valence electrons. The fourth-order valence-electron chi connectivity index (χ4n) is 7.52. The quantitative estimate of drug-likeness (QED) is 0.205. The summed E-state index contributed by atoms with van der Waals surface area (Å²) in [6.07, 6.45) is 4.63. The Labute approximate surface area is 275 Å². The molecule has 11 heteroatoms. The molecule has 0 fully saturated rings. The molecule has 0 amide bonds. The van der Waals surface area contributed by atoms with Gasteiger partial charge in [-0.15, -0.1) is 0 Å². The van der Waals surface area contributed by atoms with Crippen molar-refractivity contribution < 1.29 is 37.2 Å². The number of nitrogens with zero attached hydrogens (tertiary/aromatic N) is 2. The molecule has 0 saturated heterocycles. The average Bonchev–Trinajstić information content (AvgIpc) is 3.66. The maximum Gasteiger partial charge on any atom is 0.373 e. The molecule has 8 rings (SSSR count). The summed E-state index contributed by atoms with van der Waals surface area (Å²) < 4.78 is 45.8. The molecular formula is C37H28N2O8S. The van der Waals surface area contributed by atoms with Crippen molar-refractivity contribution in [3.8, 4) is 22.5 Å². The second-order valence-electron chi connectivity index (χ2n) is 12.2. The average molecular weight is 661 g/mol. The Morgan fingerprint density at radius 2 is 1.56 bits per heavy atom. The zero-order chi connectivity index (χ0) is 33.3. The van der Waals surface area contributed by atoms with Crippen LogP contribution in [0.3, 0.4) is 0 Å². The number of benzene rings is 4. The SMILES string of the molecule is O=C(O)C1Cc2ccccc2N1C1C=Cc2c(oc3cc(=[N+]4c5ccccc5CC4C(=O)O)ccc-3c2-c2ccccc2S(=O)(=O)[O-])C1. The molecule has 0 bridgehead atoms. The fourth-order valence-corrected chi connectivity index (χ4v) is 8.20. The Hall–Kier alpha value is -5.52. The van der Waals surface area contributed by atoms with E-state index in [0.717, 1.165) is 22.5 Å². The first-order valence-electron chi connectivity index (χ1n) is 15.5. The van der Waals surface area contributed by atoms with E-state index in [1.165, 1.54) is 12.1 Å². The van der Waals surface area contributed by atoms with Gasteiger partial charge in [-0.3, -0.25) is 0 Å². The van der Waals surface area contributed by atoms with E-state index in [1.54, 1.807) is 41.0 Å². The van der Waals surface area contributed by atoms with Gasteiger partial charge in [-0.25, -0.2) is 18.0 Å². The van der Waals surface area contributed by atoms with E-state index in [1.807, 2.05) is 59.5 Å². The van der Waals surface area contributed by atoms with E-state index in [0.29, 0.717) is 46.4 Å².